The van der Waals surface area contributed by atoms with Gasteiger partial charge in [0.05, 0.1) is 5.83 Å². The zero-order chi connectivity index (χ0) is 5.86. The number of allylic oxidation sites excluding steroid dienone is 2. The van der Waals surface area contributed by atoms with E-state index >= 15 is 0 Å². The van der Waals surface area contributed by atoms with E-state index in [1.807, 2.05) is 6.92 Å². The molecule has 0 aromatic carbocycles. The summed E-state index contributed by atoms with van der Waals surface area (Å²) in [5.41, 5.74) is 0.847. The molecule has 0 aromatic heterocycles. The van der Waals surface area contributed by atoms with Crippen molar-refractivity contribution < 1.29 is 4.39 Å². The highest BCUT2D eigenvalue weighted by atomic mass is 19.1. The van der Waals surface area contributed by atoms with Gasteiger partial charge in [0, 0.05) is 0 Å². The summed E-state index contributed by atoms with van der Waals surface area (Å²) in [5.74, 6) is -0.0394. The normalized spacial score (nSPS) is 13.7. The maximum absolute atomic E-state index is 12.0. The van der Waals surface area contributed by atoms with Crippen LogP contribution in [0, 0.1) is 0 Å². The Labute approximate surface area is 44.0 Å². The average molecular weight is 102 g/mol. The van der Waals surface area contributed by atoms with E-state index in [2.05, 4.69) is 0 Å². The lowest BCUT2D eigenvalue weighted by Gasteiger charge is -1.90. The van der Waals surface area contributed by atoms with Crippen molar-refractivity contribution >= 4 is 0 Å². The van der Waals surface area contributed by atoms with E-state index in [0.717, 1.165) is 12.0 Å². The van der Waals surface area contributed by atoms with E-state index in [0.29, 0.717) is 0 Å². The van der Waals surface area contributed by atoms with Gasteiger partial charge in [-0.15, -0.1) is 0 Å². The van der Waals surface area contributed by atoms with Crippen LogP contribution < -0.4 is 0 Å². The third-order valence-electron chi connectivity index (χ3n) is 1.12. The van der Waals surface area contributed by atoms with E-state index in [-0.39, 0.29) is 5.83 Å². The number of halogens is 1. The molecule has 1 heteroatoms. The molecule has 7 heavy (non-hydrogen) atoms. The predicted octanol–water partition coefficient (Wildman–Crippen LogP) is 2.66. The molecule has 0 rings (SSSR count). The minimum Gasteiger partial charge on any atom is -0.212 e. The standard InChI is InChI=1S/C6H11F/c1-4-5(2)6(3)7/h4H2,1-3H3/b6-5-. The Hall–Kier alpha value is -0.330. The molecule has 0 radical (unpaired) electrons. The fourth-order valence-corrected chi connectivity index (χ4v) is 0.244. The molecule has 42 valence electrons. The summed E-state index contributed by atoms with van der Waals surface area (Å²) < 4.78 is 12.0. The summed E-state index contributed by atoms with van der Waals surface area (Å²) >= 11 is 0. The molecule has 0 spiro atoms. The largest absolute Gasteiger partial charge is 0.212 e. The first-order chi connectivity index (χ1) is 3.18. The monoisotopic (exact) mass is 102 g/mol. The van der Waals surface area contributed by atoms with Crippen LogP contribution >= 0.6 is 0 Å². The Morgan fingerprint density at radius 3 is 1.86 bits per heavy atom. The Morgan fingerprint density at radius 2 is 1.86 bits per heavy atom. The van der Waals surface area contributed by atoms with Gasteiger partial charge in [0.1, 0.15) is 0 Å². The minimum absolute atomic E-state index is 0.0394. The lowest BCUT2D eigenvalue weighted by Crippen LogP contribution is -1.72. The summed E-state index contributed by atoms with van der Waals surface area (Å²) in [4.78, 5) is 0. The maximum atomic E-state index is 12.0. The SMILES string of the molecule is CC/C(C)=C(/C)F. The zero-order valence-corrected chi connectivity index (χ0v) is 5.09. The van der Waals surface area contributed by atoms with Crippen molar-refractivity contribution in [3.05, 3.63) is 11.4 Å². The van der Waals surface area contributed by atoms with Crippen LogP contribution in [0.3, 0.4) is 0 Å². The van der Waals surface area contributed by atoms with Crippen molar-refractivity contribution in [1.29, 1.82) is 0 Å². The summed E-state index contributed by atoms with van der Waals surface area (Å²) in [6.07, 6.45) is 0.822. The maximum Gasteiger partial charge on any atom is 0.0957 e. The third kappa shape index (κ3) is 2.38. The van der Waals surface area contributed by atoms with Crippen molar-refractivity contribution in [2.45, 2.75) is 27.2 Å². The highest BCUT2D eigenvalue weighted by molar-refractivity contribution is 5.00. The Morgan fingerprint density at radius 1 is 1.43 bits per heavy atom. The lowest BCUT2D eigenvalue weighted by atomic mass is 10.2. The van der Waals surface area contributed by atoms with Gasteiger partial charge in [-0.2, -0.15) is 0 Å². The van der Waals surface area contributed by atoms with Gasteiger partial charge in [0.2, 0.25) is 0 Å². The highest BCUT2D eigenvalue weighted by Crippen LogP contribution is 2.06. The first-order valence-electron chi connectivity index (χ1n) is 2.50. The van der Waals surface area contributed by atoms with Crippen molar-refractivity contribution in [1.82, 2.24) is 0 Å². The van der Waals surface area contributed by atoms with Crippen LogP contribution in [0.2, 0.25) is 0 Å². The predicted molar refractivity (Wildman–Crippen MR) is 29.8 cm³/mol. The molecule has 0 aliphatic rings. The van der Waals surface area contributed by atoms with Crippen LogP contribution in [-0.2, 0) is 0 Å². The number of rotatable bonds is 1. The van der Waals surface area contributed by atoms with Crippen LogP contribution in [0.15, 0.2) is 11.4 Å². The molecule has 0 bridgehead atoms. The molecule has 0 heterocycles. The average Bonchev–Trinajstić information content (AvgIpc) is 1.65. The summed E-state index contributed by atoms with van der Waals surface area (Å²) in [6, 6.07) is 0. The van der Waals surface area contributed by atoms with Crippen LogP contribution in [0.5, 0.6) is 0 Å². The highest BCUT2D eigenvalue weighted by Gasteiger charge is 1.87. The lowest BCUT2D eigenvalue weighted by molar-refractivity contribution is 0.621. The fourth-order valence-electron chi connectivity index (χ4n) is 0.244. The van der Waals surface area contributed by atoms with Crippen LogP contribution in [-0.4, -0.2) is 0 Å². The third-order valence-corrected chi connectivity index (χ3v) is 1.12. The first-order valence-corrected chi connectivity index (χ1v) is 2.50. The van der Waals surface area contributed by atoms with E-state index < -0.39 is 0 Å². The van der Waals surface area contributed by atoms with Gasteiger partial charge in [-0.05, 0) is 25.8 Å². The topological polar surface area (TPSA) is 0 Å². The molecule has 0 atom stereocenters. The molecular weight excluding hydrogens is 91.1 g/mol. The van der Waals surface area contributed by atoms with Gasteiger partial charge in [0.15, 0.2) is 0 Å². The molecule has 0 fully saturated rings. The molecule has 0 saturated heterocycles. The quantitative estimate of drug-likeness (QED) is 0.477. The second-order valence-electron chi connectivity index (χ2n) is 1.67. The molecule has 0 unspecified atom stereocenters. The van der Waals surface area contributed by atoms with Crippen LogP contribution in [0.4, 0.5) is 4.39 Å². The van der Waals surface area contributed by atoms with E-state index in [1.165, 1.54) is 6.92 Å². The van der Waals surface area contributed by atoms with Crippen LogP contribution in [0.25, 0.3) is 0 Å². The molecule has 0 N–H and O–H groups in total. The van der Waals surface area contributed by atoms with Gasteiger partial charge >= 0.3 is 0 Å². The Balaban J connectivity index is 3.72. The molecule has 0 aliphatic carbocycles. The Bertz CT molecular complexity index is 78.2. The van der Waals surface area contributed by atoms with Gasteiger partial charge in [0.25, 0.3) is 0 Å². The van der Waals surface area contributed by atoms with E-state index in [9.17, 15) is 4.39 Å². The van der Waals surface area contributed by atoms with Gasteiger partial charge < -0.3 is 0 Å². The number of hydrogen-bond acceptors (Lipinski definition) is 0. The zero-order valence-electron chi connectivity index (χ0n) is 5.09. The molecule has 0 amide bonds. The molecular formula is C6H11F. The van der Waals surface area contributed by atoms with Gasteiger partial charge in [-0.25, -0.2) is 4.39 Å². The number of hydrogen-bond donors (Lipinski definition) is 0. The van der Waals surface area contributed by atoms with Crippen LogP contribution in [0.1, 0.15) is 27.2 Å². The molecule has 0 aliphatic heterocycles. The fraction of sp³-hybridized carbons (Fsp3) is 0.667. The minimum atomic E-state index is -0.0394. The van der Waals surface area contributed by atoms with E-state index in [4.69, 9.17) is 0 Å². The Kier molecular flexibility index (Phi) is 2.65. The van der Waals surface area contributed by atoms with Crippen molar-refractivity contribution in [3.63, 3.8) is 0 Å². The van der Waals surface area contributed by atoms with Gasteiger partial charge in [-0.3, -0.25) is 0 Å². The molecule has 0 aromatic rings. The van der Waals surface area contributed by atoms with Crippen molar-refractivity contribution in [3.8, 4) is 0 Å². The smallest absolute Gasteiger partial charge is 0.0957 e. The first kappa shape index (κ1) is 6.67. The second kappa shape index (κ2) is 2.78. The summed E-state index contributed by atoms with van der Waals surface area (Å²) in [5, 5.41) is 0. The second-order valence-corrected chi connectivity index (χ2v) is 1.67. The van der Waals surface area contributed by atoms with Crippen molar-refractivity contribution in [2.24, 2.45) is 0 Å². The summed E-state index contributed by atoms with van der Waals surface area (Å²) in [7, 11) is 0. The van der Waals surface area contributed by atoms with E-state index in [1.54, 1.807) is 6.92 Å². The van der Waals surface area contributed by atoms with Crippen molar-refractivity contribution in [2.75, 3.05) is 0 Å². The summed E-state index contributed by atoms with van der Waals surface area (Å²) in [6.45, 7) is 5.23. The molecule has 0 saturated carbocycles. The molecule has 0 nitrogen and oxygen atoms in total. The van der Waals surface area contributed by atoms with Gasteiger partial charge in [-0.1, -0.05) is 6.92 Å².